The van der Waals surface area contributed by atoms with Crippen LogP contribution in [0.15, 0.2) is 93.6 Å². The van der Waals surface area contributed by atoms with E-state index in [1.807, 2.05) is 0 Å². The van der Waals surface area contributed by atoms with E-state index in [-0.39, 0.29) is 22.3 Å². The Bertz CT molecular complexity index is 1570. The van der Waals surface area contributed by atoms with Crippen molar-refractivity contribution in [2.24, 2.45) is 0 Å². The molecule has 0 fully saturated rings. The van der Waals surface area contributed by atoms with Gasteiger partial charge in [-0.25, -0.2) is 19.2 Å². The topological polar surface area (TPSA) is 138 Å². The van der Waals surface area contributed by atoms with Crippen molar-refractivity contribution in [1.29, 1.82) is 0 Å². The van der Waals surface area contributed by atoms with Crippen LogP contribution in [0.2, 0.25) is 0 Å². The number of esters is 4. The predicted molar refractivity (Wildman–Crippen MR) is 164 cm³/mol. The highest BCUT2D eigenvalue weighted by atomic mass is 16.6. The molecule has 2 unspecified atom stereocenters. The molecule has 2 N–H and O–H groups in total. The third kappa shape index (κ3) is 6.33. The monoisotopic (exact) mass is 616 g/mol. The van der Waals surface area contributed by atoms with E-state index >= 15 is 0 Å². The standard InChI is InChI=1S/C34H36N2O9/c1-17-25(31(37)43-7)29(21-11-9-13-23(15-21)41-5)27(19(3)35-17)33(39)45-34(40)28-20(4)36-18(2)26(32(38)44-8)30(28)22-12-10-14-24(16-22)42-6/h9-16,29-30,35-36H,1-8H3. The number of hydrogen-bond donors (Lipinski definition) is 2. The highest BCUT2D eigenvalue weighted by Gasteiger charge is 2.42. The van der Waals surface area contributed by atoms with Gasteiger partial charge in [-0.15, -0.1) is 0 Å². The molecule has 4 rings (SSSR count). The lowest BCUT2D eigenvalue weighted by atomic mass is 9.79. The van der Waals surface area contributed by atoms with Gasteiger partial charge in [0.15, 0.2) is 0 Å². The minimum Gasteiger partial charge on any atom is -0.497 e. The Balaban J connectivity index is 1.81. The number of ether oxygens (including phenoxy) is 5. The maximum Gasteiger partial charge on any atom is 0.344 e. The first-order valence-corrected chi connectivity index (χ1v) is 14.0. The van der Waals surface area contributed by atoms with Crippen molar-refractivity contribution in [2.75, 3.05) is 28.4 Å². The first-order valence-electron chi connectivity index (χ1n) is 14.0. The largest absolute Gasteiger partial charge is 0.497 e. The Morgan fingerprint density at radius 1 is 0.533 bits per heavy atom. The highest BCUT2D eigenvalue weighted by molar-refractivity contribution is 6.08. The molecule has 0 saturated carbocycles. The summed E-state index contributed by atoms with van der Waals surface area (Å²) in [4.78, 5) is 54.2. The lowest BCUT2D eigenvalue weighted by Gasteiger charge is -2.32. The zero-order valence-corrected chi connectivity index (χ0v) is 26.4. The van der Waals surface area contributed by atoms with Gasteiger partial charge in [-0.3, -0.25) is 0 Å². The molecule has 2 aliphatic heterocycles. The second-order valence-corrected chi connectivity index (χ2v) is 10.5. The van der Waals surface area contributed by atoms with Gasteiger partial charge in [-0.2, -0.15) is 0 Å². The first-order chi connectivity index (χ1) is 21.5. The summed E-state index contributed by atoms with van der Waals surface area (Å²) in [7, 11) is 5.50. The summed E-state index contributed by atoms with van der Waals surface area (Å²) in [6.07, 6.45) is 0. The predicted octanol–water partition coefficient (Wildman–Crippen LogP) is 4.29. The second kappa shape index (κ2) is 13.5. The summed E-state index contributed by atoms with van der Waals surface area (Å²) in [5, 5.41) is 6.11. The van der Waals surface area contributed by atoms with E-state index in [0.717, 1.165) is 0 Å². The molecule has 0 saturated heterocycles. The second-order valence-electron chi connectivity index (χ2n) is 10.5. The van der Waals surface area contributed by atoms with Crippen molar-refractivity contribution < 1.29 is 42.9 Å². The number of rotatable bonds is 8. The van der Waals surface area contributed by atoms with Crippen LogP contribution < -0.4 is 20.1 Å². The Morgan fingerprint density at radius 2 is 0.867 bits per heavy atom. The van der Waals surface area contributed by atoms with Crippen molar-refractivity contribution >= 4 is 23.9 Å². The maximum absolute atomic E-state index is 14.0. The summed E-state index contributed by atoms with van der Waals surface area (Å²) in [6.45, 7) is 6.69. The summed E-state index contributed by atoms with van der Waals surface area (Å²) in [5.41, 5.74) is 3.22. The van der Waals surface area contributed by atoms with Gasteiger partial charge in [0.25, 0.3) is 0 Å². The molecule has 0 amide bonds. The molecular formula is C34H36N2O9. The van der Waals surface area contributed by atoms with Crippen LogP contribution in [0.4, 0.5) is 0 Å². The molecular weight excluding hydrogens is 580 g/mol. The third-order valence-corrected chi connectivity index (χ3v) is 7.81. The van der Waals surface area contributed by atoms with E-state index in [9.17, 15) is 19.2 Å². The summed E-state index contributed by atoms with van der Waals surface area (Å²) in [6, 6.07) is 13.8. The molecule has 236 valence electrons. The molecule has 2 atom stereocenters. The van der Waals surface area contributed by atoms with Crippen molar-refractivity contribution in [3.8, 4) is 11.5 Å². The minimum absolute atomic E-state index is 0.0301. The highest BCUT2D eigenvalue weighted by Crippen LogP contribution is 2.42. The summed E-state index contributed by atoms with van der Waals surface area (Å²) < 4.78 is 26.5. The van der Waals surface area contributed by atoms with Crippen LogP contribution in [0, 0.1) is 0 Å². The van der Waals surface area contributed by atoms with E-state index < -0.39 is 35.7 Å². The van der Waals surface area contributed by atoms with Crippen LogP contribution >= 0.6 is 0 Å². The van der Waals surface area contributed by atoms with Crippen LogP contribution in [-0.4, -0.2) is 52.3 Å². The maximum atomic E-state index is 14.0. The van der Waals surface area contributed by atoms with Gasteiger partial charge in [0.1, 0.15) is 11.5 Å². The smallest absolute Gasteiger partial charge is 0.344 e. The number of dihydropyridines is 2. The molecule has 2 heterocycles. The SMILES string of the molecule is COC(=O)C1=C(C)NC(C)=C(C(=O)OC(=O)C2=C(C)NC(C)=C(C(=O)OC)C2c2cccc(OC)c2)C1c1cccc(OC)c1. The molecule has 2 aliphatic rings. The van der Waals surface area contributed by atoms with Crippen LogP contribution in [0.25, 0.3) is 0 Å². The molecule has 0 aromatic heterocycles. The molecule has 2 aromatic carbocycles. The lowest BCUT2D eigenvalue weighted by Crippen LogP contribution is -2.35. The quantitative estimate of drug-likeness (QED) is 0.250. The molecule has 2 aromatic rings. The molecule has 11 nitrogen and oxygen atoms in total. The average Bonchev–Trinajstić information content (AvgIpc) is 3.03. The van der Waals surface area contributed by atoms with Crippen molar-refractivity contribution in [2.45, 2.75) is 39.5 Å². The van der Waals surface area contributed by atoms with Gasteiger partial charge in [-0.05, 0) is 63.1 Å². The Kier molecular flexibility index (Phi) is 9.81. The molecule has 45 heavy (non-hydrogen) atoms. The minimum atomic E-state index is -0.984. The van der Waals surface area contributed by atoms with E-state index in [1.165, 1.54) is 28.4 Å². The number of hydrogen-bond acceptors (Lipinski definition) is 11. The fraction of sp³-hybridized carbons (Fsp3) is 0.294. The lowest BCUT2D eigenvalue weighted by molar-refractivity contribution is -0.154. The zero-order valence-electron chi connectivity index (χ0n) is 26.4. The first kappa shape index (κ1) is 32.6. The molecule has 0 aliphatic carbocycles. The fourth-order valence-electron chi connectivity index (χ4n) is 5.79. The average molecular weight is 617 g/mol. The summed E-state index contributed by atoms with van der Waals surface area (Å²) in [5.74, 6) is -4.18. The number of carbonyl (C=O) groups excluding carboxylic acids is 4. The van der Waals surface area contributed by atoms with E-state index in [1.54, 1.807) is 76.2 Å². The van der Waals surface area contributed by atoms with Crippen LogP contribution in [0.3, 0.4) is 0 Å². The molecule has 0 radical (unpaired) electrons. The van der Waals surface area contributed by atoms with E-state index in [0.29, 0.717) is 45.4 Å². The zero-order chi connectivity index (χ0) is 33.0. The third-order valence-electron chi connectivity index (χ3n) is 7.81. The fourth-order valence-corrected chi connectivity index (χ4v) is 5.79. The van der Waals surface area contributed by atoms with E-state index in [4.69, 9.17) is 23.7 Å². The van der Waals surface area contributed by atoms with Crippen LogP contribution in [-0.2, 0) is 33.4 Å². The number of nitrogens with one attached hydrogen (secondary N) is 2. The number of methoxy groups -OCH3 is 4. The number of benzene rings is 2. The Hall–Kier alpha value is -5.32. The molecule has 11 heteroatoms. The summed E-state index contributed by atoms with van der Waals surface area (Å²) >= 11 is 0. The Labute approximate surface area is 261 Å². The van der Waals surface area contributed by atoms with Gasteiger partial charge < -0.3 is 34.3 Å². The van der Waals surface area contributed by atoms with Gasteiger partial charge >= 0.3 is 23.9 Å². The van der Waals surface area contributed by atoms with Crippen molar-refractivity contribution in [3.05, 3.63) is 105 Å². The van der Waals surface area contributed by atoms with Gasteiger partial charge in [0, 0.05) is 22.8 Å². The van der Waals surface area contributed by atoms with Gasteiger partial charge in [-0.1, -0.05) is 24.3 Å². The van der Waals surface area contributed by atoms with Crippen molar-refractivity contribution in [3.63, 3.8) is 0 Å². The van der Waals surface area contributed by atoms with Crippen molar-refractivity contribution in [1.82, 2.24) is 10.6 Å². The van der Waals surface area contributed by atoms with Gasteiger partial charge in [0.05, 0.1) is 62.6 Å². The molecule has 0 spiro atoms. The number of allylic oxidation sites excluding steroid dienone is 4. The normalized spacial score (nSPS) is 18.1. The van der Waals surface area contributed by atoms with Gasteiger partial charge in [0.2, 0.25) is 0 Å². The van der Waals surface area contributed by atoms with Crippen LogP contribution in [0.5, 0.6) is 11.5 Å². The molecule has 0 bridgehead atoms. The Morgan fingerprint density at radius 3 is 1.18 bits per heavy atom. The van der Waals surface area contributed by atoms with Crippen LogP contribution in [0.1, 0.15) is 50.7 Å². The number of carbonyl (C=O) groups is 4. The van der Waals surface area contributed by atoms with E-state index in [2.05, 4.69) is 10.6 Å².